The molecule has 0 saturated carbocycles. The number of methoxy groups -OCH3 is 1. The molecule has 8 heteroatoms. The normalized spacial score (nSPS) is 17.2. The summed E-state index contributed by atoms with van der Waals surface area (Å²) >= 11 is 0. The van der Waals surface area contributed by atoms with Crippen LogP contribution in [0.25, 0.3) is 0 Å². The molecule has 0 spiro atoms. The van der Waals surface area contributed by atoms with Crippen LogP contribution < -0.4 is 10.1 Å². The van der Waals surface area contributed by atoms with E-state index in [1.807, 2.05) is 0 Å². The van der Waals surface area contributed by atoms with Crippen LogP contribution in [0.4, 0.5) is 13.2 Å². The number of piperidine rings is 1. The Kier molecular flexibility index (Phi) is 6.29. The molecule has 1 N–H and O–H groups in total. The Labute approximate surface area is 145 Å². The number of nitrogens with zero attached hydrogens (tertiary/aromatic N) is 1. The third-order valence-electron chi connectivity index (χ3n) is 4.33. The van der Waals surface area contributed by atoms with Gasteiger partial charge >= 0.3 is 6.36 Å². The molecule has 0 atom stereocenters. The summed E-state index contributed by atoms with van der Waals surface area (Å²) in [6.07, 6.45) is -3.40. The first-order chi connectivity index (χ1) is 11.8. The van der Waals surface area contributed by atoms with Gasteiger partial charge in [0, 0.05) is 20.7 Å². The highest BCUT2D eigenvalue weighted by atomic mass is 19.4. The van der Waals surface area contributed by atoms with Crippen molar-refractivity contribution in [3.8, 4) is 5.75 Å². The number of alkyl halides is 3. The summed E-state index contributed by atoms with van der Waals surface area (Å²) in [6.45, 7) is 2.00. The van der Waals surface area contributed by atoms with Crippen molar-refractivity contribution in [2.24, 2.45) is 5.41 Å². The molecule has 1 aliphatic heterocycles. The van der Waals surface area contributed by atoms with Gasteiger partial charge in [0.2, 0.25) is 5.91 Å². The van der Waals surface area contributed by atoms with Gasteiger partial charge in [-0.2, -0.15) is 0 Å². The zero-order chi connectivity index (χ0) is 18.5. The molecular formula is C17H23F3N2O3. The zero-order valence-electron chi connectivity index (χ0n) is 14.4. The van der Waals surface area contributed by atoms with Gasteiger partial charge in [0.25, 0.3) is 0 Å². The number of benzene rings is 1. The van der Waals surface area contributed by atoms with Crippen LogP contribution in [0.5, 0.6) is 5.75 Å². The van der Waals surface area contributed by atoms with E-state index < -0.39 is 11.8 Å². The first kappa shape index (κ1) is 19.5. The van der Waals surface area contributed by atoms with Crippen LogP contribution in [0, 0.1) is 5.41 Å². The first-order valence-corrected chi connectivity index (χ1v) is 8.06. The van der Waals surface area contributed by atoms with Crippen molar-refractivity contribution in [1.82, 2.24) is 10.2 Å². The highest BCUT2D eigenvalue weighted by Gasteiger charge is 2.41. The Morgan fingerprint density at radius 1 is 1.32 bits per heavy atom. The van der Waals surface area contributed by atoms with Gasteiger partial charge in [0.1, 0.15) is 5.75 Å². The molecule has 0 radical (unpaired) electrons. The lowest BCUT2D eigenvalue weighted by Crippen LogP contribution is -2.50. The van der Waals surface area contributed by atoms with E-state index >= 15 is 0 Å². The molecule has 140 valence electrons. The third-order valence-corrected chi connectivity index (χ3v) is 4.33. The summed E-state index contributed by atoms with van der Waals surface area (Å²) in [6, 6.07) is 5.67. The summed E-state index contributed by atoms with van der Waals surface area (Å²) in [5.41, 5.74) is -0.0199. The van der Waals surface area contributed by atoms with E-state index in [1.54, 1.807) is 20.2 Å². The SMILES string of the molecule is COCC1(C(=O)N(C)Cc2cccc(OC(F)(F)F)c2)CCNCC1. The van der Waals surface area contributed by atoms with Crippen molar-refractivity contribution in [2.75, 3.05) is 33.9 Å². The number of amides is 1. The molecule has 1 saturated heterocycles. The van der Waals surface area contributed by atoms with Gasteiger partial charge in [-0.05, 0) is 43.6 Å². The Morgan fingerprint density at radius 3 is 2.60 bits per heavy atom. The summed E-state index contributed by atoms with van der Waals surface area (Å²) in [4.78, 5) is 14.5. The quantitative estimate of drug-likeness (QED) is 0.847. The van der Waals surface area contributed by atoms with Gasteiger partial charge in [-0.1, -0.05) is 12.1 Å². The summed E-state index contributed by atoms with van der Waals surface area (Å²) in [7, 11) is 3.22. The van der Waals surface area contributed by atoms with Crippen molar-refractivity contribution >= 4 is 5.91 Å². The van der Waals surface area contributed by atoms with E-state index in [0.717, 1.165) is 13.1 Å². The molecule has 0 bridgehead atoms. The fraction of sp³-hybridized carbons (Fsp3) is 0.588. The van der Waals surface area contributed by atoms with E-state index in [1.165, 1.54) is 23.1 Å². The minimum absolute atomic E-state index is 0.0574. The maximum absolute atomic E-state index is 12.9. The number of nitrogens with one attached hydrogen (secondary N) is 1. The number of carbonyl (C=O) groups excluding carboxylic acids is 1. The molecule has 2 rings (SSSR count). The Bertz CT molecular complexity index is 581. The first-order valence-electron chi connectivity index (χ1n) is 8.06. The minimum atomic E-state index is -4.74. The molecule has 1 amide bonds. The van der Waals surface area contributed by atoms with E-state index in [-0.39, 0.29) is 18.2 Å². The fourth-order valence-corrected chi connectivity index (χ4v) is 3.19. The summed E-state index contributed by atoms with van der Waals surface area (Å²) in [5, 5.41) is 3.22. The maximum atomic E-state index is 12.9. The molecule has 1 aliphatic rings. The van der Waals surface area contributed by atoms with Gasteiger partial charge in [-0.25, -0.2) is 0 Å². The van der Waals surface area contributed by atoms with Gasteiger partial charge in [0.05, 0.1) is 12.0 Å². The number of hydrogen-bond donors (Lipinski definition) is 1. The van der Waals surface area contributed by atoms with E-state index in [4.69, 9.17) is 4.74 Å². The van der Waals surface area contributed by atoms with Gasteiger partial charge in [0.15, 0.2) is 0 Å². The topological polar surface area (TPSA) is 50.8 Å². The highest BCUT2D eigenvalue weighted by Crippen LogP contribution is 2.32. The number of halogens is 3. The van der Waals surface area contributed by atoms with Crippen molar-refractivity contribution in [2.45, 2.75) is 25.7 Å². The maximum Gasteiger partial charge on any atom is 0.573 e. The highest BCUT2D eigenvalue weighted by molar-refractivity contribution is 5.83. The lowest BCUT2D eigenvalue weighted by molar-refractivity contribution is -0.274. The molecule has 1 aromatic rings. The number of carbonyl (C=O) groups is 1. The predicted molar refractivity (Wildman–Crippen MR) is 86.0 cm³/mol. The van der Waals surface area contributed by atoms with Crippen molar-refractivity contribution in [1.29, 1.82) is 0 Å². The third kappa shape index (κ3) is 5.34. The molecule has 1 heterocycles. The molecule has 0 unspecified atom stereocenters. The standard InChI is InChI=1S/C17H23F3N2O3/c1-22(15(23)16(12-24-2)6-8-21-9-7-16)11-13-4-3-5-14(10-13)25-17(18,19)20/h3-5,10,21H,6-9,11-12H2,1-2H3. The van der Waals surface area contributed by atoms with Crippen molar-refractivity contribution in [3.05, 3.63) is 29.8 Å². The summed E-state index contributed by atoms with van der Waals surface area (Å²) in [5.74, 6) is -0.350. The monoisotopic (exact) mass is 360 g/mol. The van der Waals surface area contributed by atoms with Gasteiger partial charge in [-0.3, -0.25) is 4.79 Å². The fourth-order valence-electron chi connectivity index (χ4n) is 3.19. The van der Waals surface area contributed by atoms with Crippen molar-refractivity contribution < 1.29 is 27.4 Å². The second-order valence-electron chi connectivity index (χ2n) is 6.32. The lowest BCUT2D eigenvalue weighted by atomic mass is 9.78. The molecule has 5 nitrogen and oxygen atoms in total. The van der Waals surface area contributed by atoms with Gasteiger partial charge in [-0.15, -0.1) is 13.2 Å². The van der Waals surface area contributed by atoms with Crippen LogP contribution in [0.2, 0.25) is 0 Å². The zero-order valence-corrected chi connectivity index (χ0v) is 14.4. The second kappa shape index (κ2) is 8.05. The average molecular weight is 360 g/mol. The molecular weight excluding hydrogens is 337 g/mol. The Morgan fingerprint density at radius 2 is 2.00 bits per heavy atom. The number of ether oxygens (including phenoxy) is 2. The number of hydrogen-bond acceptors (Lipinski definition) is 4. The van der Waals surface area contributed by atoms with Crippen LogP contribution in [0.15, 0.2) is 24.3 Å². The van der Waals surface area contributed by atoms with Crippen molar-refractivity contribution in [3.63, 3.8) is 0 Å². The Balaban J connectivity index is 2.08. The molecule has 1 fully saturated rings. The largest absolute Gasteiger partial charge is 0.573 e. The molecule has 1 aromatic carbocycles. The van der Waals surface area contributed by atoms with E-state index in [9.17, 15) is 18.0 Å². The van der Waals surface area contributed by atoms with Crippen LogP contribution in [0.1, 0.15) is 18.4 Å². The van der Waals surface area contributed by atoms with Crippen LogP contribution in [-0.4, -0.2) is 51.0 Å². The Hall–Kier alpha value is -1.80. The average Bonchev–Trinajstić information content (AvgIpc) is 2.54. The molecule has 0 aliphatic carbocycles. The summed E-state index contributed by atoms with van der Waals surface area (Å²) < 4.78 is 46.2. The smallest absolute Gasteiger partial charge is 0.406 e. The molecule has 0 aromatic heterocycles. The van der Waals surface area contributed by atoms with Crippen LogP contribution >= 0.6 is 0 Å². The van der Waals surface area contributed by atoms with E-state index in [0.29, 0.717) is 25.0 Å². The molecule has 25 heavy (non-hydrogen) atoms. The predicted octanol–water partition coefficient (Wildman–Crippen LogP) is 2.56. The van der Waals surface area contributed by atoms with Crippen LogP contribution in [0.3, 0.4) is 0 Å². The van der Waals surface area contributed by atoms with Crippen LogP contribution in [-0.2, 0) is 16.1 Å². The second-order valence-corrected chi connectivity index (χ2v) is 6.32. The minimum Gasteiger partial charge on any atom is -0.406 e. The van der Waals surface area contributed by atoms with Gasteiger partial charge < -0.3 is 19.7 Å². The number of rotatable bonds is 6. The lowest BCUT2D eigenvalue weighted by Gasteiger charge is -2.38. The van der Waals surface area contributed by atoms with E-state index in [2.05, 4.69) is 10.1 Å².